The van der Waals surface area contributed by atoms with E-state index in [2.05, 4.69) is 20.7 Å². The summed E-state index contributed by atoms with van der Waals surface area (Å²) in [5.41, 5.74) is 3.87. The second kappa shape index (κ2) is 14.1. The molecular formula is C34H43BCl2N4O4. The van der Waals surface area contributed by atoms with Gasteiger partial charge in [-0.15, -0.1) is 0 Å². The maximum Gasteiger partial charge on any atom is 0.376 e. The fraction of sp³-hybridized carbons (Fsp3) is 0.559. The zero-order chi connectivity index (χ0) is 31.7. The highest BCUT2D eigenvalue weighted by atomic mass is 35.5. The van der Waals surface area contributed by atoms with Crippen molar-refractivity contribution in [2.24, 2.45) is 17.8 Å². The van der Waals surface area contributed by atoms with Crippen LogP contribution >= 0.6 is 23.2 Å². The molecule has 0 radical (unpaired) electrons. The molecule has 1 aromatic heterocycles. The Bertz CT molecular complexity index is 1430. The molecule has 240 valence electrons. The number of carbonyl (C=O) groups is 2. The van der Waals surface area contributed by atoms with E-state index in [4.69, 9.17) is 32.9 Å². The van der Waals surface area contributed by atoms with Crippen LogP contribution < -0.4 is 0 Å². The zero-order valence-electron chi connectivity index (χ0n) is 26.3. The molecule has 0 spiro atoms. The van der Waals surface area contributed by atoms with E-state index in [1.807, 2.05) is 31.1 Å². The van der Waals surface area contributed by atoms with Gasteiger partial charge in [-0.05, 0) is 125 Å². The molecule has 1 atom stereocenters. The SMILES string of the molecule is COC(=O)C1=Cc2cc(Cl)ccc2C(N2CCC(C3CCN(C(=O)CC4CCN(B(C)O)CC4)CC3)CC2)c2ncc(Cl)cc21. The Morgan fingerprint density at radius 1 is 0.956 bits per heavy atom. The van der Waals surface area contributed by atoms with Crippen molar-refractivity contribution in [3.05, 3.63) is 62.9 Å². The lowest BCUT2D eigenvalue weighted by Crippen LogP contribution is -2.45. The molecule has 8 nitrogen and oxygen atoms in total. The lowest BCUT2D eigenvalue weighted by molar-refractivity contribution is -0.134. The van der Waals surface area contributed by atoms with E-state index in [0.29, 0.717) is 51.3 Å². The van der Waals surface area contributed by atoms with Crippen LogP contribution in [0.2, 0.25) is 16.9 Å². The molecule has 45 heavy (non-hydrogen) atoms. The topological polar surface area (TPSA) is 86.2 Å². The van der Waals surface area contributed by atoms with E-state index in [1.165, 1.54) is 7.11 Å². The number of pyridine rings is 1. The van der Waals surface area contributed by atoms with Gasteiger partial charge in [-0.25, -0.2) is 4.79 Å². The van der Waals surface area contributed by atoms with Crippen LogP contribution in [0.25, 0.3) is 11.6 Å². The maximum atomic E-state index is 13.1. The molecule has 11 heteroatoms. The summed E-state index contributed by atoms with van der Waals surface area (Å²) in [6.07, 6.45) is 10.4. The van der Waals surface area contributed by atoms with Gasteiger partial charge in [0.15, 0.2) is 0 Å². The number of benzene rings is 1. The smallest absolute Gasteiger partial charge is 0.376 e. The van der Waals surface area contributed by atoms with Crippen molar-refractivity contribution in [2.75, 3.05) is 46.4 Å². The molecule has 1 unspecified atom stereocenters. The highest BCUT2D eigenvalue weighted by Gasteiger charge is 2.37. The van der Waals surface area contributed by atoms with Crippen LogP contribution in [0.1, 0.15) is 73.4 Å². The normalized spacial score (nSPS) is 22.3. The van der Waals surface area contributed by atoms with Crippen molar-refractivity contribution in [1.82, 2.24) is 19.6 Å². The van der Waals surface area contributed by atoms with Crippen molar-refractivity contribution in [2.45, 2.75) is 57.8 Å². The molecule has 3 fully saturated rings. The fourth-order valence-electron chi connectivity index (χ4n) is 8.01. The molecule has 4 heterocycles. The number of hydrogen-bond acceptors (Lipinski definition) is 7. The number of likely N-dealkylation sites (tertiary alicyclic amines) is 2. The average Bonchev–Trinajstić information content (AvgIpc) is 3.18. The van der Waals surface area contributed by atoms with Crippen molar-refractivity contribution >= 4 is 53.8 Å². The number of ether oxygens (including phenoxy) is 1. The van der Waals surface area contributed by atoms with Gasteiger partial charge in [0.05, 0.1) is 29.4 Å². The highest BCUT2D eigenvalue weighted by Crippen LogP contribution is 2.43. The third-order valence-corrected chi connectivity index (χ3v) is 11.1. The number of halogens is 2. The van der Waals surface area contributed by atoms with Crippen LogP contribution in [0, 0.1) is 17.8 Å². The summed E-state index contributed by atoms with van der Waals surface area (Å²) in [5, 5.41) is 10.9. The zero-order valence-corrected chi connectivity index (χ0v) is 27.8. The summed E-state index contributed by atoms with van der Waals surface area (Å²) in [6.45, 7) is 7.10. The first-order valence-corrected chi connectivity index (χ1v) is 17.2. The van der Waals surface area contributed by atoms with Crippen LogP contribution in [-0.4, -0.2) is 89.9 Å². The second-order valence-corrected chi connectivity index (χ2v) is 14.1. The first-order valence-electron chi connectivity index (χ1n) is 16.4. The Morgan fingerprint density at radius 2 is 1.62 bits per heavy atom. The van der Waals surface area contributed by atoms with Crippen molar-refractivity contribution in [3.8, 4) is 0 Å². The maximum absolute atomic E-state index is 13.1. The Balaban J connectivity index is 1.10. The summed E-state index contributed by atoms with van der Waals surface area (Å²) in [5.74, 6) is 1.55. The van der Waals surface area contributed by atoms with E-state index in [9.17, 15) is 14.6 Å². The first-order chi connectivity index (χ1) is 21.7. The number of fused-ring (bicyclic) bond motifs is 2. The monoisotopic (exact) mass is 652 g/mol. The van der Waals surface area contributed by atoms with Gasteiger partial charge in [-0.1, -0.05) is 29.3 Å². The average molecular weight is 653 g/mol. The molecule has 0 bridgehead atoms. The molecule has 6 rings (SSSR count). The largest absolute Gasteiger partial charge is 0.465 e. The molecule has 1 aliphatic carbocycles. The number of amides is 1. The molecule has 2 aromatic rings. The Morgan fingerprint density at radius 3 is 2.27 bits per heavy atom. The summed E-state index contributed by atoms with van der Waals surface area (Å²) in [6, 6.07) is 7.53. The second-order valence-electron chi connectivity index (χ2n) is 13.2. The number of esters is 1. The lowest BCUT2D eigenvalue weighted by atomic mass is 9.78. The van der Waals surface area contributed by atoms with Gasteiger partial charge in [0.2, 0.25) is 5.91 Å². The number of aromatic nitrogens is 1. The minimum atomic E-state index is -0.433. The molecule has 3 saturated heterocycles. The lowest BCUT2D eigenvalue weighted by Gasteiger charge is -2.43. The minimum Gasteiger partial charge on any atom is -0.465 e. The molecule has 3 aliphatic heterocycles. The molecular weight excluding hydrogens is 610 g/mol. The number of methoxy groups -OCH3 is 1. The van der Waals surface area contributed by atoms with Gasteiger partial charge in [-0.3, -0.25) is 14.7 Å². The Labute approximate surface area is 276 Å². The van der Waals surface area contributed by atoms with E-state index < -0.39 is 13.0 Å². The van der Waals surface area contributed by atoms with Crippen molar-refractivity contribution in [3.63, 3.8) is 0 Å². The summed E-state index contributed by atoms with van der Waals surface area (Å²) in [7, 11) is 0.981. The van der Waals surface area contributed by atoms with E-state index >= 15 is 0 Å². The molecule has 4 aliphatic rings. The van der Waals surface area contributed by atoms with E-state index in [1.54, 1.807) is 6.20 Å². The first kappa shape index (κ1) is 32.5. The standard InChI is InChI=1S/C34H43BCl2N4O4/c1-35(44)41-15-5-22(6-16-41)17-31(42)39-11-7-23(8-12-39)24-9-13-40(14-10-24)33-28-4-3-26(36)18-25(28)19-30(34(43)45-2)29-20-27(37)21-38-32(29)33/h3-4,18-24,33,44H,5-17H2,1-2H3. The fourth-order valence-corrected chi connectivity index (χ4v) is 8.35. The molecule has 1 amide bonds. The van der Waals surface area contributed by atoms with Crippen molar-refractivity contribution < 1.29 is 19.3 Å². The third kappa shape index (κ3) is 7.13. The van der Waals surface area contributed by atoms with Gasteiger partial charge >= 0.3 is 13.0 Å². The van der Waals surface area contributed by atoms with Crippen LogP contribution in [0.3, 0.4) is 0 Å². The number of piperidine rings is 3. The molecule has 1 aromatic carbocycles. The number of hydrogen-bond donors (Lipinski definition) is 1. The van der Waals surface area contributed by atoms with Gasteiger partial charge in [0.25, 0.3) is 0 Å². The third-order valence-electron chi connectivity index (χ3n) is 10.6. The number of nitrogens with zero attached hydrogens (tertiary/aromatic N) is 4. The summed E-state index contributed by atoms with van der Waals surface area (Å²) >= 11 is 12.8. The van der Waals surface area contributed by atoms with Crippen LogP contribution in [0.15, 0.2) is 30.5 Å². The van der Waals surface area contributed by atoms with Gasteiger partial charge in [-0.2, -0.15) is 0 Å². The molecule has 1 N–H and O–H groups in total. The van der Waals surface area contributed by atoms with Gasteiger partial charge in [0, 0.05) is 36.3 Å². The predicted octanol–water partition coefficient (Wildman–Crippen LogP) is 5.67. The van der Waals surface area contributed by atoms with Crippen LogP contribution in [-0.2, 0) is 14.3 Å². The quantitative estimate of drug-likeness (QED) is 0.318. The van der Waals surface area contributed by atoms with Gasteiger partial charge in [0.1, 0.15) is 0 Å². The highest BCUT2D eigenvalue weighted by molar-refractivity contribution is 6.45. The Hall–Kier alpha value is -2.43. The summed E-state index contributed by atoms with van der Waals surface area (Å²) in [4.78, 5) is 37.6. The number of carbonyl (C=O) groups excluding carboxylic acids is 2. The van der Waals surface area contributed by atoms with E-state index in [-0.39, 0.29) is 6.04 Å². The van der Waals surface area contributed by atoms with Crippen molar-refractivity contribution in [1.29, 1.82) is 0 Å². The summed E-state index contributed by atoms with van der Waals surface area (Å²) < 4.78 is 5.16. The van der Waals surface area contributed by atoms with Gasteiger partial charge < -0.3 is 19.5 Å². The van der Waals surface area contributed by atoms with E-state index in [0.717, 1.165) is 94.6 Å². The predicted molar refractivity (Wildman–Crippen MR) is 179 cm³/mol. The number of rotatable bonds is 6. The Kier molecular flexibility index (Phi) is 10.2. The molecule has 0 saturated carbocycles. The van der Waals surface area contributed by atoms with Crippen LogP contribution in [0.5, 0.6) is 0 Å². The minimum absolute atomic E-state index is 0.143. The van der Waals surface area contributed by atoms with Crippen LogP contribution in [0.4, 0.5) is 0 Å².